The fraction of sp³-hybridized carbons (Fsp3) is 0.118. The lowest BCUT2D eigenvalue weighted by atomic mass is 10.2. The van der Waals surface area contributed by atoms with Gasteiger partial charge < -0.3 is 20.5 Å². The number of halogens is 1. The number of nitrogens with two attached hydrogens (primary N) is 1. The second-order valence-electron chi connectivity index (χ2n) is 4.87. The zero-order chi connectivity index (χ0) is 18.2. The summed E-state index contributed by atoms with van der Waals surface area (Å²) in [5, 5.41) is 2.48. The van der Waals surface area contributed by atoms with Crippen LogP contribution in [-0.4, -0.2) is 31.0 Å². The summed E-state index contributed by atoms with van der Waals surface area (Å²) in [5.74, 6) is -2.67. The Morgan fingerprint density at radius 3 is 2.32 bits per heavy atom. The van der Waals surface area contributed by atoms with Crippen LogP contribution in [0.25, 0.3) is 0 Å². The van der Waals surface area contributed by atoms with Gasteiger partial charge in [0.05, 0.1) is 0 Å². The highest BCUT2D eigenvalue weighted by Gasteiger charge is 2.10. The molecule has 25 heavy (non-hydrogen) atoms. The molecule has 0 fully saturated rings. The van der Waals surface area contributed by atoms with Gasteiger partial charge in [-0.3, -0.25) is 9.59 Å². The van der Waals surface area contributed by atoms with E-state index in [1.807, 2.05) is 0 Å². The van der Waals surface area contributed by atoms with Crippen molar-refractivity contribution in [2.75, 3.05) is 18.5 Å². The molecule has 130 valence electrons. The average molecular weight is 346 g/mol. The monoisotopic (exact) mass is 346 g/mol. The highest BCUT2D eigenvalue weighted by atomic mass is 19.1. The summed E-state index contributed by atoms with van der Waals surface area (Å²) in [6, 6.07) is 11.5. The third-order valence-corrected chi connectivity index (χ3v) is 3.00. The molecule has 0 saturated heterocycles. The third kappa shape index (κ3) is 5.61. The molecule has 0 aromatic heterocycles. The van der Waals surface area contributed by atoms with E-state index in [4.69, 9.17) is 15.2 Å². The topological polar surface area (TPSA) is 108 Å². The lowest BCUT2D eigenvalue weighted by Crippen LogP contribution is -2.23. The van der Waals surface area contributed by atoms with Gasteiger partial charge in [0.25, 0.3) is 5.91 Å². The van der Waals surface area contributed by atoms with E-state index in [2.05, 4.69) is 5.32 Å². The summed E-state index contributed by atoms with van der Waals surface area (Å²) in [5.41, 5.74) is 5.82. The second-order valence-corrected chi connectivity index (χ2v) is 4.87. The number of amides is 2. The molecule has 8 heteroatoms. The molecule has 2 rings (SSSR count). The number of nitrogens with one attached hydrogen (secondary N) is 1. The summed E-state index contributed by atoms with van der Waals surface area (Å²) < 4.78 is 23.0. The Hall–Kier alpha value is -3.42. The van der Waals surface area contributed by atoms with Crippen molar-refractivity contribution in [1.29, 1.82) is 0 Å². The Kier molecular flexibility index (Phi) is 6.05. The molecule has 2 aromatic carbocycles. The molecule has 0 spiro atoms. The van der Waals surface area contributed by atoms with E-state index in [0.29, 0.717) is 11.3 Å². The first-order valence-electron chi connectivity index (χ1n) is 7.18. The van der Waals surface area contributed by atoms with E-state index >= 15 is 0 Å². The maximum Gasteiger partial charge on any atom is 0.344 e. The smallest absolute Gasteiger partial charge is 0.344 e. The molecule has 7 nitrogen and oxygen atoms in total. The second kappa shape index (κ2) is 8.44. The number of carbonyl (C=O) groups excluding carboxylic acids is 3. The van der Waals surface area contributed by atoms with Crippen LogP contribution >= 0.6 is 0 Å². The van der Waals surface area contributed by atoms with Crippen molar-refractivity contribution in [2.45, 2.75) is 0 Å². The van der Waals surface area contributed by atoms with Crippen molar-refractivity contribution >= 4 is 23.5 Å². The number of benzene rings is 2. The maximum absolute atomic E-state index is 13.3. The molecule has 3 N–H and O–H groups in total. The fourth-order valence-electron chi connectivity index (χ4n) is 1.80. The van der Waals surface area contributed by atoms with Gasteiger partial charge in [0, 0.05) is 11.3 Å². The molecule has 0 atom stereocenters. The molecular weight excluding hydrogens is 331 g/mol. The van der Waals surface area contributed by atoms with Gasteiger partial charge in [-0.1, -0.05) is 12.1 Å². The van der Waals surface area contributed by atoms with Gasteiger partial charge in [-0.15, -0.1) is 0 Å². The van der Waals surface area contributed by atoms with Crippen LogP contribution in [0.5, 0.6) is 5.75 Å². The summed E-state index contributed by atoms with van der Waals surface area (Å²) in [6.45, 7) is -1.06. The third-order valence-electron chi connectivity index (χ3n) is 3.00. The fourth-order valence-corrected chi connectivity index (χ4v) is 1.80. The Balaban J connectivity index is 1.74. The normalized spacial score (nSPS) is 9.96. The zero-order valence-electron chi connectivity index (χ0n) is 13.0. The average Bonchev–Trinajstić information content (AvgIpc) is 2.59. The summed E-state index contributed by atoms with van der Waals surface area (Å²) >= 11 is 0. The molecule has 0 bridgehead atoms. The van der Waals surface area contributed by atoms with Crippen molar-refractivity contribution in [3.05, 3.63) is 59.9 Å². The van der Waals surface area contributed by atoms with Crippen LogP contribution in [0.1, 0.15) is 10.4 Å². The van der Waals surface area contributed by atoms with Crippen molar-refractivity contribution in [3.63, 3.8) is 0 Å². The highest BCUT2D eigenvalue weighted by molar-refractivity contribution is 5.95. The number of hydrogen-bond donors (Lipinski definition) is 2. The number of hydrogen-bond acceptors (Lipinski definition) is 5. The molecule has 0 radical (unpaired) electrons. The summed E-state index contributed by atoms with van der Waals surface area (Å²) in [6.07, 6.45) is 0. The summed E-state index contributed by atoms with van der Waals surface area (Å²) in [7, 11) is 0. The van der Waals surface area contributed by atoms with Gasteiger partial charge in [0.1, 0.15) is 0 Å². The molecule has 2 aromatic rings. The van der Waals surface area contributed by atoms with E-state index in [-0.39, 0.29) is 5.75 Å². The number of esters is 1. The number of rotatable bonds is 7. The van der Waals surface area contributed by atoms with Crippen LogP contribution in [0.15, 0.2) is 48.5 Å². The quantitative estimate of drug-likeness (QED) is 0.739. The predicted octanol–water partition coefficient (Wildman–Crippen LogP) is 1.49. The van der Waals surface area contributed by atoms with Crippen molar-refractivity contribution in [2.24, 2.45) is 5.73 Å². The van der Waals surface area contributed by atoms with Crippen LogP contribution in [0, 0.1) is 5.82 Å². The first-order valence-corrected chi connectivity index (χ1v) is 7.18. The van der Waals surface area contributed by atoms with Crippen molar-refractivity contribution in [1.82, 2.24) is 0 Å². The van der Waals surface area contributed by atoms with Gasteiger partial charge in [-0.25, -0.2) is 9.18 Å². The first kappa shape index (κ1) is 17.9. The predicted molar refractivity (Wildman–Crippen MR) is 86.4 cm³/mol. The SMILES string of the molecule is NC(=O)c1ccc(NC(=O)COC(=O)COc2ccccc2F)cc1. The molecule has 0 saturated carbocycles. The van der Waals surface area contributed by atoms with Gasteiger partial charge in [0.2, 0.25) is 5.91 Å². The van der Waals surface area contributed by atoms with Gasteiger partial charge >= 0.3 is 5.97 Å². The van der Waals surface area contributed by atoms with Crippen molar-refractivity contribution < 1.29 is 28.2 Å². The number of anilines is 1. The van der Waals surface area contributed by atoms with E-state index in [1.54, 1.807) is 6.07 Å². The number of carbonyl (C=O) groups is 3. The number of para-hydroxylation sites is 1. The van der Waals surface area contributed by atoms with E-state index in [0.717, 1.165) is 0 Å². The van der Waals surface area contributed by atoms with Crippen LogP contribution in [0.3, 0.4) is 0 Å². The minimum atomic E-state index is -0.817. The zero-order valence-corrected chi connectivity index (χ0v) is 13.0. The Morgan fingerprint density at radius 1 is 1.00 bits per heavy atom. The maximum atomic E-state index is 13.3. The molecule has 0 aliphatic carbocycles. The number of ether oxygens (including phenoxy) is 2. The molecule has 0 unspecified atom stereocenters. The van der Waals surface area contributed by atoms with Crippen LogP contribution in [0.4, 0.5) is 10.1 Å². The van der Waals surface area contributed by atoms with Gasteiger partial charge in [0.15, 0.2) is 24.8 Å². The Labute approximate surface area is 142 Å². The molecule has 2 amide bonds. The van der Waals surface area contributed by atoms with Crippen molar-refractivity contribution in [3.8, 4) is 5.75 Å². The van der Waals surface area contributed by atoms with Crippen LogP contribution in [-0.2, 0) is 14.3 Å². The van der Waals surface area contributed by atoms with E-state index < -0.39 is 36.8 Å². The van der Waals surface area contributed by atoms with Gasteiger partial charge in [-0.05, 0) is 36.4 Å². The Morgan fingerprint density at radius 2 is 1.68 bits per heavy atom. The minimum absolute atomic E-state index is 0.0848. The van der Waals surface area contributed by atoms with Crippen LogP contribution in [0.2, 0.25) is 0 Å². The lowest BCUT2D eigenvalue weighted by Gasteiger charge is -2.08. The lowest BCUT2D eigenvalue weighted by molar-refractivity contribution is -0.149. The largest absolute Gasteiger partial charge is 0.479 e. The molecule has 0 aliphatic heterocycles. The van der Waals surface area contributed by atoms with Crippen LogP contribution < -0.4 is 15.8 Å². The summed E-state index contributed by atoms with van der Waals surface area (Å²) in [4.78, 5) is 34.1. The minimum Gasteiger partial charge on any atom is -0.479 e. The first-order chi connectivity index (χ1) is 12.0. The standard InChI is InChI=1S/C17H15FN2O5/c18-13-3-1-2-4-14(13)24-10-16(22)25-9-15(21)20-12-7-5-11(6-8-12)17(19)23/h1-8H,9-10H2,(H2,19,23)(H,20,21). The highest BCUT2D eigenvalue weighted by Crippen LogP contribution is 2.15. The van der Waals surface area contributed by atoms with E-state index in [9.17, 15) is 18.8 Å². The Bertz CT molecular complexity index is 777. The number of primary amides is 1. The molecule has 0 heterocycles. The molecule has 0 aliphatic rings. The van der Waals surface area contributed by atoms with Gasteiger partial charge in [-0.2, -0.15) is 0 Å². The van der Waals surface area contributed by atoms with E-state index in [1.165, 1.54) is 42.5 Å². The molecular formula is C17H15FN2O5.